The topological polar surface area (TPSA) is 92.2 Å². The van der Waals surface area contributed by atoms with Crippen molar-refractivity contribution in [2.45, 2.75) is 52.5 Å². The van der Waals surface area contributed by atoms with Crippen LogP contribution in [0.25, 0.3) is 0 Å². The molecule has 1 unspecified atom stereocenters. The quantitative estimate of drug-likeness (QED) is 0.318. The molecule has 2 aliphatic rings. The Labute approximate surface area is 222 Å². The molecule has 1 amide bonds. The van der Waals surface area contributed by atoms with Crippen molar-refractivity contribution in [1.82, 2.24) is 14.8 Å². The molecule has 1 N–H and O–H groups in total. The Bertz CT molecular complexity index is 1120. The summed E-state index contributed by atoms with van der Waals surface area (Å²) in [6.45, 7) is 10.8. The van der Waals surface area contributed by atoms with E-state index in [0.29, 0.717) is 36.9 Å². The first-order valence-corrected chi connectivity index (χ1v) is 14.0. The summed E-state index contributed by atoms with van der Waals surface area (Å²) < 4.78 is 11.3. The summed E-state index contributed by atoms with van der Waals surface area (Å²) in [5.41, 5.74) is 1.51. The third kappa shape index (κ3) is 6.40. The second-order valence-electron chi connectivity index (χ2n) is 9.57. The zero-order valence-electron chi connectivity index (χ0n) is 22.0. The van der Waals surface area contributed by atoms with Crippen LogP contribution in [0.4, 0.5) is 0 Å². The first kappa shape index (κ1) is 27.3. The van der Waals surface area contributed by atoms with Crippen LogP contribution in [0.15, 0.2) is 35.6 Å². The minimum absolute atomic E-state index is 0.125. The maximum atomic E-state index is 13.7. The zero-order chi connectivity index (χ0) is 26.4. The number of ether oxygens (including phenoxy) is 2. The Kier molecular flexibility index (Phi) is 9.34. The van der Waals surface area contributed by atoms with Gasteiger partial charge in [-0.15, -0.1) is 11.3 Å². The summed E-state index contributed by atoms with van der Waals surface area (Å²) in [5, 5.41) is 11.7. The van der Waals surface area contributed by atoms with E-state index in [1.54, 1.807) is 11.8 Å². The molecule has 37 heavy (non-hydrogen) atoms. The number of morpholine rings is 1. The number of Topliss-reactive ketones (excluding diaryl/α,β-unsaturated/α-hetero) is 1. The molecule has 0 aliphatic carbocycles. The fourth-order valence-electron chi connectivity index (χ4n) is 4.90. The molecule has 1 fully saturated rings. The fourth-order valence-corrected chi connectivity index (χ4v) is 5.78. The highest BCUT2D eigenvalue weighted by Crippen LogP contribution is 2.40. The predicted octanol–water partition coefficient (Wildman–Crippen LogP) is 4.63. The molecule has 0 bridgehead atoms. The predicted molar refractivity (Wildman–Crippen MR) is 143 cm³/mol. The van der Waals surface area contributed by atoms with E-state index in [1.807, 2.05) is 31.2 Å². The average Bonchev–Trinajstić information content (AvgIpc) is 3.37. The highest BCUT2D eigenvalue weighted by molar-refractivity contribution is 7.14. The molecule has 200 valence electrons. The van der Waals surface area contributed by atoms with Gasteiger partial charge in [-0.1, -0.05) is 31.9 Å². The van der Waals surface area contributed by atoms with Crippen molar-refractivity contribution in [1.29, 1.82) is 0 Å². The smallest absolute Gasteiger partial charge is 0.290 e. The van der Waals surface area contributed by atoms with Crippen molar-refractivity contribution in [2.75, 3.05) is 46.0 Å². The lowest BCUT2D eigenvalue weighted by atomic mass is 9.95. The summed E-state index contributed by atoms with van der Waals surface area (Å²) >= 11 is 1.29. The molecule has 2 aromatic rings. The molecule has 2 aliphatic heterocycles. The number of aryl methyl sites for hydroxylation is 2. The molecule has 8 nitrogen and oxygen atoms in total. The van der Waals surface area contributed by atoms with Crippen LogP contribution in [-0.4, -0.2) is 77.6 Å². The number of aliphatic hydroxyl groups excluding tert-OH is 1. The number of carbonyl (C=O) groups excluding carboxylic acids is 2. The standard InChI is InChI=1S/C28H37N3O5S/c1-4-5-6-16-36-22-10-8-21(9-11-22)24-23(25(32)27-19(2)29-20(3)37-27)26(33)28(34)31(24)13-7-12-30-14-17-35-18-15-30/h8-11,24,33H,4-7,12-18H2,1-3H3. The summed E-state index contributed by atoms with van der Waals surface area (Å²) in [6, 6.07) is 6.85. The number of benzene rings is 1. The molecule has 0 saturated carbocycles. The van der Waals surface area contributed by atoms with Crippen LogP contribution in [0.2, 0.25) is 0 Å². The van der Waals surface area contributed by atoms with Gasteiger partial charge in [0.05, 0.1) is 47.0 Å². The number of unbranched alkanes of at least 4 members (excludes halogenated alkanes) is 2. The number of rotatable bonds is 12. The molecule has 9 heteroatoms. The Morgan fingerprint density at radius 2 is 1.86 bits per heavy atom. The molecule has 1 atom stereocenters. The first-order chi connectivity index (χ1) is 17.9. The van der Waals surface area contributed by atoms with Crippen molar-refractivity contribution in [3.8, 4) is 5.75 Å². The maximum absolute atomic E-state index is 13.7. The zero-order valence-corrected chi connectivity index (χ0v) is 22.8. The lowest BCUT2D eigenvalue weighted by molar-refractivity contribution is -0.129. The Balaban J connectivity index is 1.57. The molecule has 0 radical (unpaired) electrons. The molecule has 1 aromatic heterocycles. The van der Waals surface area contributed by atoms with Gasteiger partial charge in [0.15, 0.2) is 5.76 Å². The van der Waals surface area contributed by atoms with Gasteiger partial charge in [0.1, 0.15) is 5.75 Å². The third-order valence-corrected chi connectivity index (χ3v) is 7.92. The Hall–Kier alpha value is -2.75. The van der Waals surface area contributed by atoms with Crippen LogP contribution in [0, 0.1) is 13.8 Å². The molecule has 3 heterocycles. The average molecular weight is 528 g/mol. The molecule has 0 spiro atoms. The highest BCUT2D eigenvalue weighted by Gasteiger charge is 2.44. The van der Waals surface area contributed by atoms with Gasteiger partial charge in [0.25, 0.3) is 5.91 Å². The normalized spacial score (nSPS) is 18.6. The van der Waals surface area contributed by atoms with E-state index in [2.05, 4.69) is 16.8 Å². The second-order valence-corrected chi connectivity index (χ2v) is 10.8. The van der Waals surface area contributed by atoms with Crippen LogP contribution in [0.1, 0.15) is 64.6 Å². The van der Waals surface area contributed by atoms with Crippen LogP contribution in [0.5, 0.6) is 5.75 Å². The highest BCUT2D eigenvalue weighted by atomic mass is 32.1. The number of aromatic nitrogens is 1. The van der Waals surface area contributed by atoms with Gasteiger partial charge in [-0.25, -0.2) is 4.98 Å². The van der Waals surface area contributed by atoms with Gasteiger partial charge in [0.2, 0.25) is 5.78 Å². The third-order valence-electron chi connectivity index (χ3n) is 6.85. The summed E-state index contributed by atoms with van der Waals surface area (Å²) in [5.74, 6) is -0.562. The number of hydrogen-bond donors (Lipinski definition) is 1. The van der Waals surface area contributed by atoms with Crippen LogP contribution in [0.3, 0.4) is 0 Å². The largest absolute Gasteiger partial charge is 0.503 e. The van der Waals surface area contributed by atoms with E-state index < -0.39 is 17.7 Å². The molecular weight excluding hydrogens is 490 g/mol. The maximum Gasteiger partial charge on any atom is 0.290 e. The van der Waals surface area contributed by atoms with Crippen LogP contribution < -0.4 is 4.74 Å². The van der Waals surface area contributed by atoms with Crippen molar-refractivity contribution in [3.63, 3.8) is 0 Å². The Morgan fingerprint density at radius 1 is 1.14 bits per heavy atom. The summed E-state index contributed by atoms with van der Waals surface area (Å²) in [4.78, 5) is 35.7. The summed E-state index contributed by atoms with van der Waals surface area (Å²) in [7, 11) is 0. The van der Waals surface area contributed by atoms with E-state index in [4.69, 9.17) is 9.47 Å². The number of thiazole rings is 1. The molecule has 1 aromatic carbocycles. The fraction of sp³-hybridized carbons (Fsp3) is 0.536. The van der Waals surface area contributed by atoms with E-state index in [1.165, 1.54) is 11.3 Å². The van der Waals surface area contributed by atoms with Gasteiger partial charge in [-0.3, -0.25) is 14.5 Å². The monoisotopic (exact) mass is 527 g/mol. The van der Waals surface area contributed by atoms with Gasteiger partial charge < -0.3 is 19.5 Å². The number of hydrogen-bond acceptors (Lipinski definition) is 8. The lowest BCUT2D eigenvalue weighted by Crippen LogP contribution is -2.39. The SMILES string of the molecule is CCCCCOc1ccc(C2C(C(=O)c3sc(C)nc3C)=C(O)C(=O)N2CCCN2CCOCC2)cc1. The van der Waals surface area contributed by atoms with Crippen molar-refractivity contribution in [3.05, 3.63) is 56.7 Å². The number of aliphatic hydroxyl groups is 1. The van der Waals surface area contributed by atoms with Crippen LogP contribution in [-0.2, 0) is 9.53 Å². The first-order valence-electron chi connectivity index (χ1n) is 13.2. The Morgan fingerprint density at radius 3 is 2.51 bits per heavy atom. The number of carbonyl (C=O) groups is 2. The van der Waals surface area contributed by atoms with Crippen molar-refractivity contribution < 1.29 is 24.2 Å². The van der Waals surface area contributed by atoms with E-state index in [0.717, 1.165) is 61.6 Å². The molecule has 4 rings (SSSR count). The number of nitrogens with zero attached hydrogens (tertiary/aromatic N) is 3. The van der Waals surface area contributed by atoms with E-state index in [-0.39, 0.29) is 11.4 Å². The minimum atomic E-state index is -0.666. The van der Waals surface area contributed by atoms with Gasteiger partial charge in [0, 0.05) is 26.2 Å². The van der Waals surface area contributed by atoms with E-state index in [9.17, 15) is 14.7 Å². The van der Waals surface area contributed by atoms with Crippen molar-refractivity contribution in [2.24, 2.45) is 0 Å². The van der Waals surface area contributed by atoms with Gasteiger partial charge in [-0.05, 0) is 44.4 Å². The minimum Gasteiger partial charge on any atom is -0.503 e. The number of ketones is 1. The number of amides is 1. The van der Waals surface area contributed by atoms with E-state index >= 15 is 0 Å². The lowest BCUT2D eigenvalue weighted by Gasteiger charge is -2.30. The van der Waals surface area contributed by atoms with Gasteiger partial charge >= 0.3 is 0 Å². The summed E-state index contributed by atoms with van der Waals surface area (Å²) in [6.07, 6.45) is 3.97. The molecule has 1 saturated heterocycles. The molecular formula is C28H37N3O5S. The van der Waals surface area contributed by atoms with Crippen molar-refractivity contribution >= 4 is 23.0 Å². The van der Waals surface area contributed by atoms with Gasteiger partial charge in [-0.2, -0.15) is 0 Å². The second kappa shape index (κ2) is 12.7. The van der Waals surface area contributed by atoms with Crippen LogP contribution >= 0.6 is 11.3 Å².